The van der Waals surface area contributed by atoms with Crippen LogP contribution >= 0.6 is 0 Å². The highest BCUT2D eigenvalue weighted by Crippen LogP contribution is 2.40. The Balaban J connectivity index is 1.94. The van der Waals surface area contributed by atoms with Crippen LogP contribution < -0.4 is 4.90 Å². The predicted molar refractivity (Wildman–Crippen MR) is 68.3 cm³/mol. The van der Waals surface area contributed by atoms with Crippen LogP contribution in [0.5, 0.6) is 0 Å². The minimum absolute atomic E-state index is 0.184. The van der Waals surface area contributed by atoms with Crippen molar-refractivity contribution < 1.29 is 4.79 Å². The lowest BCUT2D eigenvalue weighted by atomic mass is 10.1. The molecule has 1 fully saturated rings. The molecule has 1 heterocycles. The van der Waals surface area contributed by atoms with Gasteiger partial charge in [0.05, 0.1) is 5.69 Å². The molecule has 1 aliphatic carbocycles. The molecule has 0 atom stereocenters. The maximum absolute atomic E-state index is 12.4. The average molecular weight is 223 g/mol. The van der Waals surface area contributed by atoms with Gasteiger partial charge in [0.15, 0.2) is 0 Å². The number of carbonyl (C=O) groups excluding carboxylic acids is 1. The first-order chi connectivity index (χ1) is 8.34. The summed E-state index contributed by atoms with van der Waals surface area (Å²) in [6.07, 6.45) is 2.55. The van der Waals surface area contributed by atoms with Gasteiger partial charge in [0.25, 0.3) is 5.91 Å². The molecule has 0 unspecified atom stereocenters. The lowest BCUT2D eigenvalue weighted by molar-refractivity contribution is 0.0992. The molecule has 2 aromatic carbocycles. The zero-order valence-corrected chi connectivity index (χ0v) is 9.52. The Morgan fingerprint density at radius 1 is 1.12 bits per heavy atom. The van der Waals surface area contributed by atoms with Gasteiger partial charge >= 0.3 is 0 Å². The third kappa shape index (κ3) is 1.24. The standard InChI is InChI=1S/C15H13NO/c17-15-12-5-1-3-11-4-2-6-13(14(11)12)16(15)9-10-7-8-10/h1-6,10H,7-9H2. The van der Waals surface area contributed by atoms with Crippen LogP contribution in [0.15, 0.2) is 36.4 Å². The number of anilines is 1. The van der Waals surface area contributed by atoms with E-state index in [0.717, 1.165) is 29.1 Å². The summed E-state index contributed by atoms with van der Waals surface area (Å²) in [5.74, 6) is 0.909. The van der Waals surface area contributed by atoms with Crippen LogP contribution in [0.1, 0.15) is 23.2 Å². The van der Waals surface area contributed by atoms with Gasteiger partial charge in [-0.2, -0.15) is 0 Å². The first-order valence-electron chi connectivity index (χ1n) is 6.18. The van der Waals surface area contributed by atoms with Gasteiger partial charge in [0.1, 0.15) is 0 Å². The van der Waals surface area contributed by atoms with Crippen LogP contribution in [0.2, 0.25) is 0 Å². The fourth-order valence-corrected chi connectivity index (χ4v) is 2.72. The molecule has 17 heavy (non-hydrogen) atoms. The second-order valence-corrected chi connectivity index (χ2v) is 5.04. The van der Waals surface area contributed by atoms with Crippen LogP contribution in [-0.4, -0.2) is 12.5 Å². The van der Waals surface area contributed by atoms with Crippen LogP contribution in [0.25, 0.3) is 10.8 Å². The Morgan fingerprint density at radius 3 is 2.65 bits per heavy atom. The summed E-state index contributed by atoms with van der Waals surface area (Å²) in [7, 11) is 0. The minimum atomic E-state index is 0.184. The molecule has 84 valence electrons. The van der Waals surface area contributed by atoms with Gasteiger partial charge in [-0.15, -0.1) is 0 Å². The van der Waals surface area contributed by atoms with Gasteiger partial charge in [0.2, 0.25) is 0 Å². The van der Waals surface area contributed by atoms with Crippen LogP contribution in [0.4, 0.5) is 5.69 Å². The molecule has 1 amide bonds. The van der Waals surface area contributed by atoms with E-state index in [1.54, 1.807) is 0 Å². The van der Waals surface area contributed by atoms with Gasteiger partial charge in [-0.05, 0) is 36.3 Å². The fourth-order valence-electron chi connectivity index (χ4n) is 2.72. The van der Waals surface area contributed by atoms with Crippen LogP contribution in [-0.2, 0) is 0 Å². The van der Waals surface area contributed by atoms with Crippen molar-refractivity contribution in [2.24, 2.45) is 5.92 Å². The lowest BCUT2D eigenvalue weighted by Gasteiger charge is -2.16. The van der Waals surface area contributed by atoms with E-state index in [4.69, 9.17) is 0 Å². The monoisotopic (exact) mass is 223 g/mol. The second-order valence-electron chi connectivity index (χ2n) is 5.04. The van der Waals surface area contributed by atoms with E-state index in [9.17, 15) is 4.79 Å². The smallest absolute Gasteiger partial charge is 0.259 e. The Morgan fingerprint density at radius 2 is 1.88 bits per heavy atom. The predicted octanol–water partition coefficient (Wildman–Crippen LogP) is 3.21. The third-order valence-corrected chi connectivity index (χ3v) is 3.79. The van der Waals surface area contributed by atoms with Crippen molar-refractivity contribution in [2.75, 3.05) is 11.4 Å². The van der Waals surface area contributed by atoms with E-state index in [0.29, 0.717) is 0 Å². The van der Waals surface area contributed by atoms with Gasteiger partial charge in [-0.25, -0.2) is 0 Å². The fraction of sp³-hybridized carbons (Fsp3) is 0.267. The summed E-state index contributed by atoms with van der Waals surface area (Å²) >= 11 is 0. The summed E-state index contributed by atoms with van der Waals surface area (Å²) in [5, 5.41) is 2.31. The molecule has 4 rings (SSSR count). The first kappa shape index (κ1) is 9.23. The van der Waals surface area contributed by atoms with Crippen molar-refractivity contribution in [3.05, 3.63) is 42.0 Å². The Kier molecular flexibility index (Phi) is 1.68. The molecule has 0 bridgehead atoms. The summed E-state index contributed by atoms with van der Waals surface area (Å²) in [6.45, 7) is 0.895. The molecular weight excluding hydrogens is 210 g/mol. The lowest BCUT2D eigenvalue weighted by Crippen LogP contribution is -2.28. The summed E-state index contributed by atoms with van der Waals surface area (Å²) < 4.78 is 0. The topological polar surface area (TPSA) is 20.3 Å². The highest BCUT2D eigenvalue weighted by molar-refractivity contribution is 6.25. The molecule has 2 aromatic rings. The molecule has 0 spiro atoms. The molecule has 0 N–H and O–H groups in total. The van der Waals surface area contributed by atoms with Crippen molar-refractivity contribution in [3.8, 4) is 0 Å². The molecule has 2 aliphatic rings. The van der Waals surface area contributed by atoms with Crippen molar-refractivity contribution in [1.29, 1.82) is 0 Å². The molecular formula is C15H13NO. The van der Waals surface area contributed by atoms with Gasteiger partial charge in [-0.3, -0.25) is 4.79 Å². The largest absolute Gasteiger partial charge is 0.307 e. The van der Waals surface area contributed by atoms with Gasteiger partial charge < -0.3 is 4.90 Å². The number of carbonyl (C=O) groups is 1. The molecule has 2 nitrogen and oxygen atoms in total. The van der Waals surface area contributed by atoms with E-state index in [1.165, 1.54) is 18.2 Å². The Bertz CT molecular complexity index is 623. The second kappa shape index (κ2) is 3.10. The van der Waals surface area contributed by atoms with Gasteiger partial charge in [-0.1, -0.05) is 24.3 Å². The third-order valence-electron chi connectivity index (χ3n) is 3.79. The summed E-state index contributed by atoms with van der Waals surface area (Å²) in [6, 6.07) is 12.2. The number of hydrogen-bond donors (Lipinski definition) is 0. The molecule has 0 aromatic heterocycles. The number of hydrogen-bond acceptors (Lipinski definition) is 1. The van der Waals surface area contributed by atoms with Gasteiger partial charge in [0, 0.05) is 17.5 Å². The van der Waals surface area contributed by atoms with E-state index in [2.05, 4.69) is 18.2 Å². The Labute approximate surface area is 99.8 Å². The highest BCUT2D eigenvalue weighted by Gasteiger charge is 2.33. The molecule has 1 saturated carbocycles. The Hall–Kier alpha value is -1.83. The van der Waals surface area contributed by atoms with E-state index in [1.807, 2.05) is 23.1 Å². The number of amides is 1. The first-order valence-corrected chi connectivity index (χ1v) is 6.18. The number of rotatable bonds is 2. The van der Waals surface area contributed by atoms with Crippen molar-refractivity contribution in [3.63, 3.8) is 0 Å². The van der Waals surface area contributed by atoms with Crippen LogP contribution in [0, 0.1) is 5.92 Å². The molecule has 2 heteroatoms. The molecule has 1 aliphatic heterocycles. The maximum atomic E-state index is 12.4. The van der Waals surface area contributed by atoms with Crippen LogP contribution in [0.3, 0.4) is 0 Å². The molecule has 0 radical (unpaired) electrons. The molecule has 0 saturated heterocycles. The minimum Gasteiger partial charge on any atom is -0.307 e. The van der Waals surface area contributed by atoms with E-state index >= 15 is 0 Å². The number of benzene rings is 2. The zero-order valence-electron chi connectivity index (χ0n) is 9.52. The van der Waals surface area contributed by atoms with E-state index in [-0.39, 0.29) is 5.91 Å². The average Bonchev–Trinajstić information content (AvgIpc) is 3.13. The van der Waals surface area contributed by atoms with Crippen molar-refractivity contribution in [1.82, 2.24) is 0 Å². The quantitative estimate of drug-likeness (QED) is 0.765. The highest BCUT2D eigenvalue weighted by atomic mass is 16.2. The maximum Gasteiger partial charge on any atom is 0.259 e. The van der Waals surface area contributed by atoms with Crippen molar-refractivity contribution in [2.45, 2.75) is 12.8 Å². The normalized spacial score (nSPS) is 18.1. The SMILES string of the molecule is O=C1c2cccc3cccc(c23)N1CC1CC1. The zero-order chi connectivity index (χ0) is 11.4. The number of nitrogens with zero attached hydrogens (tertiary/aromatic N) is 1. The summed E-state index contributed by atoms with van der Waals surface area (Å²) in [4.78, 5) is 14.3. The van der Waals surface area contributed by atoms with Crippen molar-refractivity contribution >= 4 is 22.4 Å². The van der Waals surface area contributed by atoms with E-state index < -0.39 is 0 Å². The summed E-state index contributed by atoms with van der Waals surface area (Å²) in [5.41, 5.74) is 1.98.